The fourth-order valence-corrected chi connectivity index (χ4v) is 4.39. The fourth-order valence-electron chi connectivity index (χ4n) is 2.87. The van der Waals surface area contributed by atoms with E-state index in [2.05, 4.69) is 17.4 Å². The zero-order chi connectivity index (χ0) is 14.9. The van der Waals surface area contributed by atoms with Crippen molar-refractivity contribution in [2.75, 3.05) is 13.1 Å². The Kier molecular flexibility index (Phi) is 4.33. The van der Waals surface area contributed by atoms with Gasteiger partial charge in [-0.15, -0.1) is 0 Å². The van der Waals surface area contributed by atoms with Gasteiger partial charge in [-0.1, -0.05) is 24.3 Å². The van der Waals surface area contributed by atoms with E-state index in [4.69, 9.17) is 0 Å². The Labute approximate surface area is 127 Å². The Balaban J connectivity index is 1.72. The number of sulfonamides is 1. The molecule has 116 valence electrons. The lowest BCUT2D eigenvalue weighted by Crippen LogP contribution is -2.42. The highest BCUT2D eigenvalue weighted by Crippen LogP contribution is 2.23. The molecule has 1 saturated carbocycles. The van der Waals surface area contributed by atoms with Gasteiger partial charge in [0.2, 0.25) is 10.0 Å². The number of aryl methyl sites for hydroxylation is 1. The lowest BCUT2D eigenvalue weighted by molar-refractivity contribution is 0.401. The summed E-state index contributed by atoms with van der Waals surface area (Å²) in [7, 11) is -3.23. The normalized spacial score (nSPS) is 21.6. The van der Waals surface area contributed by atoms with Crippen molar-refractivity contribution in [2.24, 2.45) is 0 Å². The number of nitrogens with one attached hydrogen (secondary N) is 1. The molecule has 1 aliphatic heterocycles. The van der Waals surface area contributed by atoms with Crippen LogP contribution in [0.2, 0.25) is 0 Å². The van der Waals surface area contributed by atoms with Crippen LogP contribution < -0.4 is 5.32 Å². The van der Waals surface area contributed by atoms with Crippen LogP contribution in [-0.2, 0) is 23.0 Å². The summed E-state index contributed by atoms with van der Waals surface area (Å²) in [6.45, 7) is 3.53. The van der Waals surface area contributed by atoms with Crippen molar-refractivity contribution in [3.8, 4) is 0 Å². The van der Waals surface area contributed by atoms with Crippen LogP contribution in [0.4, 0.5) is 0 Å². The maximum Gasteiger partial charge on any atom is 0.218 e. The summed E-state index contributed by atoms with van der Waals surface area (Å²) in [5.41, 5.74) is 2.44. The maximum atomic E-state index is 12.8. The Bertz CT molecular complexity index is 596. The van der Waals surface area contributed by atoms with Gasteiger partial charge in [-0.2, -0.15) is 4.31 Å². The molecule has 4 nitrogen and oxygen atoms in total. The molecule has 5 heteroatoms. The van der Waals surface area contributed by atoms with Crippen LogP contribution in [0.1, 0.15) is 37.3 Å². The highest BCUT2D eigenvalue weighted by molar-refractivity contribution is 7.89. The standard InChI is InChI=1S/C16H24N2O2S/c1-13(11-17-16-8-9-16)21(19,20)18-10-4-7-14-5-2-3-6-15(14)12-18/h2-3,5-6,13,16-17H,4,7-12H2,1H3. The second-order valence-electron chi connectivity index (χ2n) is 6.24. The molecule has 2 aliphatic rings. The zero-order valence-electron chi connectivity index (χ0n) is 12.6. The third kappa shape index (κ3) is 3.47. The molecule has 0 spiro atoms. The Hall–Kier alpha value is -0.910. The van der Waals surface area contributed by atoms with Crippen LogP contribution in [0.15, 0.2) is 24.3 Å². The summed E-state index contributed by atoms with van der Waals surface area (Å²) >= 11 is 0. The zero-order valence-corrected chi connectivity index (χ0v) is 13.4. The van der Waals surface area contributed by atoms with E-state index in [9.17, 15) is 8.42 Å². The second-order valence-corrected chi connectivity index (χ2v) is 8.59. The van der Waals surface area contributed by atoms with Crippen LogP contribution in [0.5, 0.6) is 0 Å². The molecule has 0 amide bonds. The van der Waals surface area contributed by atoms with E-state index in [0.717, 1.165) is 18.4 Å². The predicted octanol–water partition coefficient (Wildman–Crippen LogP) is 1.91. The fraction of sp³-hybridized carbons (Fsp3) is 0.625. The van der Waals surface area contributed by atoms with Crippen molar-refractivity contribution in [3.63, 3.8) is 0 Å². The summed E-state index contributed by atoms with van der Waals surface area (Å²) in [4.78, 5) is 0. The first kappa shape index (κ1) is 15.0. The topological polar surface area (TPSA) is 49.4 Å². The van der Waals surface area contributed by atoms with Crippen LogP contribution in [0.25, 0.3) is 0 Å². The van der Waals surface area contributed by atoms with E-state index in [0.29, 0.717) is 25.7 Å². The monoisotopic (exact) mass is 308 g/mol. The third-order valence-corrected chi connectivity index (χ3v) is 6.67. The molecular formula is C16H24N2O2S. The molecule has 21 heavy (non-hydrogen) atoms. The molecule has 1 aromatic carbocycles. The minimum absolute atomic E-state index is 0.358. The highest BCUT2D eigenvalue weighted by atomic mass is 32.2. The van der Waals surface area contributed by atoms with Gasteiger partial charge in [0.15, 0.2) is 0 Å². The van der Waals surface area contributed by atoms with E-state index in [1.54, 1.807) is 4.31 Å². The van der Waals surface area contributed by atoms with Gasteiger partial charge in [0.1, 0.15) is 0 Å². The van der Waals surface area contributed by atoms with Crippen molar-refractivity contribution in [3.05, 3.63) is 35.4 Å². The number of nitrogens with zero attached hydrogens (tertiary/aromatic N) is 1. The lowest BCUT2D eigenvalue weighted by Gasteiger charge is -2.25. The molecule has 1 aliphatic carbocycles. The van der Waals surface area contributed by atoms with E-state index >= 15 is 0 Å². The van der Waals surface area contributed by atoms with Crippen LogP contribution >= 0.6 is 0 Å². The van der Waals surface area contributed by atoms with Crippen molar-refractivity contribution in [2.45, 2.75) is 50.4 Å². The van der Waals surface area contributed by atoms with Gasteiger partial charge < -0.3 is 5.32 Å². The van der Waals surface area contributed by atoms with Crippen LogP contribution in [-0.4, -0.2) is 37.1 Å². The SMILES string of the molecule is CC(CNC1CC1)S(=O)(=O)N1CCCc2ccccc2C1. The summed E-state index contributed by atoms with van der Waals surface area (Å²) in [6, 6.07) is 8.74. The van der Waals surface area contributed by atoms with Gasteiger partial charge in [-0.05, 0) is 43.7 Å². The van der Waals surface area contributed by atoms with E-state index in [1.807, 2.05) is 19.1 Å². The Morgan fingerprint density at radius 2 is 2.00 bits per heavy atom. The van der Waals surface area contributed by atoms with Crippen molar-refractivity contribution in [1.82, 2.24) is 9.62 Å². The minimum atomic E-state index is -3.23. The van der Waals surface area contributed by atoms with E-state index < -0.39 is 10.0 Å². The van der Waals surface area contributed by atoms with E-state index in [-0.39, 0.29) is 5.25 Å². The first-order valence-corrected chi connectivity index (χ1v) is 9.37. The average molecular weight is 308 g/mol. The van der Waals surface area contributed by atoms with E-state index in [1.165, 1.54) is 18.4 Å². The molecule has 3 rings (SSSR count). The first-order valence-electron chi connectivity index (χ1n) is 7.86. The van der Waals surface area contributed by atoms with Gasteiger partial charge in [0.05, 0.1) is 5.25 Å². The van der Waals surface area contributed by atoms with Gasteiger partial charge >= 0.3 is 0 Å². The Morgan fingerprint density at radius 3 is 2.71 bits per heavy atom. The first-order chi connectivity index (χ1) is 10.1. The van der Waals surface area contributed by atoms with Crippen molar-refractivity contribution < 1.29 is 8.42 Å². The second kappa shape index (κ2) is 6.07. The number of benzene rings is 1. The molecule has 0 saturated heterocycles. The predicted molar refractivity (Wildman–Crippen MR) is 84.6 cm³/mol. The molecule has 1 aromatic rings. The molecule has 1 fully saturated rings. The minimum Gasteiger partial charge on any atom is -0.313 e. The molecular weight excluding hydrogens is 284 g/mol. The number of hydrogen-bond acceptors (Lipinski definition) is 3. The molecule has 1 N–H and O–H groups in total. The largest absolute Gasteiger partial charge is 0.313 e. The van der Waals surface area contributed by atoms with Gasteiger partial charge in [0, 0.05) is 25.7 Å². The van der Waals surface area contributed by atoms with Crippen LogP contribution in [0.3, 0.4) is 0 Å². The highest BCUT2D eigenvalue weighted by Gasteiger charge is 2.31. The maximum absolute atomic E-state index is 12.8. The molecule has 0 bridgehead atoms. The summed E-state index contributed by atoms with van der Waals surface area (Å²) < 4.78 is 27.2. The number of hydrogen-bond donors (Lipinski definition) is 1. The Morgan fingerprint density at radius 1 is 1.29 bits per heavy atom. The molecule has 1 unspecified atom stereocenters. The molecule has 0 aromatic heterocycles. The summed E-state index contributed by atoms with van der Waals surface area (Å²) in [5.74, 6) is 0. The molecule has 1 atom stereocenters. The van der Waals surface area contributed by atoms with Crippen LogP contribution in [0, 0.1) is 0 Å². The molecule has 0 radical (unpaired) electrons. The van der Waals surface area contributed by atoms with Gasteiger partial charge in [-0.25, -0.2) is 8.42 Å². The van der Waals surface area contributed by atoms with Crippen molar-refractivity contribution >= 4 is 10.0 Å². The summed E-state index contributed by atoms with van der Waals surface area (Å²) in [6.07, 6.45) is 4.24. The average Bonchev–Trinajstić information content (AvgIpc) is 3.30. The lowest BCUT2D eigenvalue weighted by atomic mass is 10.0. The number of rotatable bonds is 5. The smallest absolute Gasteiger partial charge is 0.218 e. The van der Waals surface area contributed by atoms with Gasteiger partial charge in [0.25, 0.3) is 0 Å². The molecule has 1 heterocycles. The quantitative estimate of drug-likeness (QED) is 0.904. The summed E-state index contributed by atoms with van der Waals surface area (Å²) in [5, 5.41) is 2.97. The third-order valence-electron chi connectivity index (χ3n) is 4.46. The van der Waals surface area contributed by atoms with Crippen molar-refractivity contribution in [1.29, 1.82) is 0 Å². The number of fused-ring (bicyclic) bond motifs is 1. The van der Waals surface area contributed by atoms with Gasteiger partial charge in [-0.3, -0.25) is 0 Å².